The van der Waals surface area contributed by atoms with Gasteiger partial charge in [-0.1, -0.05) is 0 Å². The van der Waals surface area contributed by atoms with Crippen molar-refractivity contribution in [2.24, 2.45) is 0 Å². The summed E-state index contributed by atoms with van der Waals surface area (Å²) in [6.07, 6.45) is 5.39. The van der Waals surface area contributed by atoms with Gasteiger partial charge in [-0.2, -0.15) is 0 Å². The molecule has 1 aliphatic carbocycles. The van der Waals surface area contributed by atoms with Gasteiger partial charge in [0.05, 0.1) is 23.4 Å². The monoisotopic (exact) mass is 456 g/mol. The van der Waals surface area contributed by atoms with E-state index >= 15 is 0 Å². The average Bonchev–Trinajstić information content (AvgIpc) is 3.46. The van der Waals surface area contributed by atoms with Gasteiger partial charge in [-0.3, -0.25) is 9.78 Å². The van der Waals surface area contributed by atoms with Crippen molar-refractivity contribution >= 4 is 34.6 Å². The predicted octanol–water partition coefficient (Wildman–Crippen LogP) is 3.76. The maximum Gasteiger partial charge on any atom is 0.255 e. The first kappa shape index (κ1) is 22.1. The third-order valence-corrected chi connectivity index (χ3v) is 5.85. The minimum absolute atomic E-state index is 0.291. The summed E-state index contributed by atoms with van der Waals surface area (Å²) < 4.78 is 14.0. The summed E-state index contributed by atoms with van der Waals surface area (Å²) in [7, 11) is 0. The molecule has 1 saturated carbocycles. The number of hydrogen-bond donors (Lipinski definition) is 4. The van der Waals surface area contributed by atoms with Gasteiger partial charge in [0, 0.05) is 41.6 Å². The predicted molar refractivity (Wildman–Crippen MR) is 123 cm³/mol. The van der Waals surface area contributed by atoms with Gasteiger partial charge in [-0.15, -0.1) is 11.3 Å². The van der Waals surface area contributed by atoms with Crippen LogP contribution in [0.4, 0.5) is 21.7 Å². The van der Waals surface area contributed by atoms with Crippen molar-refractivity contribution in [3.63, 3.8) is 0 Å². The number of amides is 1. The number of aliphatic hydroxyl groups is 1. The lowest BCUT2D eigenvalue weighted by atomic mass is 10.0. The van der Waals surface area contributed by atoms with Gasteiger partial charge in [0.15, 0.2) is 0 Å². The number of thiazole rings is 1. The number of nitrogens with zero attached hydrogens (tertiary/aromatic N) is 3. The molecule has 8 nitrogen and oxygen atoms in total. The van der Waals surface area contributed by atoms with E-state index in [1.165, 1.54) is 31.4 Å². The molecule has 0 saturated heterocycles. The number of nitrogens with one attached hydrogen (secondary N) is 3. The van der Waals surface area contributed by atoms with E-state index in [4.69, 9.17) is 0 Å². The molecule has 10 heteroatoms. The lowest BCUT2D eigenvalue weighted by Gasteiger charge is -2.22. The smallest absolute Gasteiger partial charge is 0.255 e. The fourth-order valence-corrected chi connectivity index (χ4v) is 3.63. The van der Waals surface area contributed by atoms with Crippen molar-refractivity contribution in [2.75, 3.05) is 17.2 Å². The highest BCUT2D eigenvalue weighted by molar-refractivity contribution is 7.13. The number of anilines is 3. The summed E-state index contributed by atoms with van der Waals surface area (Å²) in [5.74, 6) is 0.723. The Morgan fingerprint density at radius 2 is 2.16 bits per heavy atom. The van der Waals surface area contributed by atoms with Crippen LogP contribution in [-0.4, -0.2) is 50.3 Å². The van der Waals surface area contributed by atoms with E-state index in [0.717, 1.165) is 23.4 Å². The van der Waals surface area contributed by atoms with Crippen molar-refractivity contribution in [2.45, 2.75) is 44.5 Å². The molecule has 4 N–H and O–H groups in total. The molecule has 3 aromatic heterocycles. The average molecular weight is 457 g/mol. The molecule has 0 bridgehead atoms. The van der Waals surface area contributed by atoms with Gasteiger partial charge >= 0.3 is 0 Å². The first-order valence-electron chi connectivity index (χ1n) is 10.3. The fraction of sp³-hybridized carbons (Fsp3) is 0.364. The zero-order chi connectivity index (χ0) is 22.7. The number of alkyl halides is 1. The lowest BCUT2D eigenvalue weighted by molar-refractivity contribution is -0.00177. The second-order valence-electron chi connectivity index (χ2n) is 8.27. The Bertz CT molecular complexity index is 1080. The van der Waals surface area contributed by atoms with Crippen molar-refractivity contribution < 1.29 is 14.3 Å². The normalized spacial score (nSPS) is 14.6. The standard InChI is InChI=1S/C22H25FN6O2S/c1-22(2,31)17(23)11-26-20(30)15-10-25-18(8-16(15)27-14-5-6-14)28-19-12-32-21(29-19)13-4-3-7-24-9-13/h3-4,7-10,12,14,17,31H,5-6,11H2,1-2H3,(H,26,30)(H2,25,27,28). The van der Waals surface area contributed by atoms with Crippen molar-refractivity contribution in [1.29, 1.82) is 0 Å². The van der Waals surface area contributed by atoms with Crippen LogP contribution in [0.1, 0.15) is 37.0 Å². The largest absolute Gasteiger partial charge is 0.387 e. The van der Waals surface area contributed by atoms with Crippen LogP contribution < -0.4 is 16.0 Å². The molecular weight excluding hydrogens is 431 g/mol. The third-order valence-electron chi connectivity index (χ3n) is 4.96. The van der Waals surface area contributed by atoms with Crippen LogP contribution in [0.5, 0.6) is 0 Å². The highest BCUT2D eigenvalue weighted by atomic mass is 32.1. The first-order chi connectivity index (χ1) is 15.3. The van der Waals surface area contributed by atoms with Gasteiger partial charge in [-0.05, 0) is 38.8 Å². The number of rotatable bonds is 9. The van der Waals surface area contributed by atoms with Crippen LogP contribution in [-0.2, 0) is 0 Å². The van der Waals surface area contributed by atoms with Crippen molar-refractivity contribution in [3.8, 4) is 10.6 Å². The Labute approximate surface area is 189 Å². The quantitative estimate of drug-likeness (QED) is 0.388. The van der Waals surface area contributed by atoms with E-state index in [1.54, 1.807) is 18.5 Å². The SMILES string of the molecule is CC(C)(O)C(F)CNC(=O)c1cnc(Nc2csc(-c3cccnc3)n2)cc1NC1CC1. The molecule has 3 aromatic rings. The first-order valence-corrected chi connectivity index (χ1v) is 11.2. The second kappa shape index (κ2) is 9.17. The van der Waals surface area contributed by atoms with Crippen LogP contribution in [0, 0.1) is 0 Å². The van der Waals surface area contributed by atoms with Gasteiger partial charge in [0.2, 0.25) is 0 Å². The molecule has 0 spiro atoms. The van der Waals surface area contributed by atoms with E-state index < -0.39 is 17.7 Å². The molecule has 32 heavy (non-hydrogen) atoms. The molecule has 4 rings (SSSR count). The molecule has 1 unspecified atom stereocenters. The molecule has 0 radical (unpaired) electrons. The van der Waals surface area contributed by atoms with Crippen molar-refractivity contribution in [1.82, 2.24) is 20.3 Å². The van der Waals surface area contributed by atoms with Gasteiger partial charge in [0.1, 0.15) is 22.8 Å². The molecule has 1 fully saturated rings. The molecule has 168 valence electrons. The Morgan fingerprint density at radius 1 is 1.34 bits per heavy atom. The topological polar surface area (TPSA) is 112 Å². The number of carbonyl (C=O) groups is 1. The van der Waals surface area contributed by atoms with Gasteiger partial charge < -0.3 is 21.1 Å². The summed E-state index contributed by atoms with van der Waals surface area (Å²) in [6.45, 7) is 2.44. The molecule has 0 aromatic carbocycles. The number of halogens is 1. The highest BCUT2D eigenvalue weighted by Crippen LogP contribution is 2.30. The van der Waals surface area contributed by atoms with Gasteiger partial charge in [0.25, 0.3) is 5.91 Å². The second-order valence-corrected chi connectivity index (χ2v) is 9.13. The molecule has 1 atom stereocenters. The number of carbonyl (C=O) groups excluding carboxylic acids is 1. The number of aromatic nitrogens is 3. The Morgan fingerprint density at radius 3 is 2.84 bits per heavy atom. The molecule has 1 amide bonds. The Hall–Kier alpha value is -3.11. The zero-order valence-electron chi connectivity index (χ0n) is 17.8. The Balaban J connectivity index is 1.48. The summed E-state index contributed by atoms with van der Waals surface area (Å²) in [5, 5.41) is 21.5. The molecule has 3 heterocycles. The van der Waals surface area contributed by atoms with Crippen molar-refractivity contribution in [3.05, 3.63) is 47.7 Å². The van der Waals surface area contributed by atoms with E-state index in [9.17, 15) is 14.3 Å². The third kappa shape index (κ3) is 5.57. The van der Waals surface area contributed by atoms with Crippen LogP contribution in [0.25, 0.3) is 10.6 Å². The van der Waals surface area contributed by atoms with E-state index in [2.05, 4.69) is 30.9 Å². The van der Waals surface area contributed by atoms with E-state index in [-0.39, 0.29) is 6.54 Å². The van der Waals surface area contributed by atoms with Crippen LogP contribution in [0.3, 0.4) is 0 Å². The molecule has 0 aliphatic heterocycles. The lowest BCUT2D eigenvalue weighted by Crippen LogP contribution is -2.42. The number of hydrogen-bond acceptors (Lipinski definition) is 8. The summed E-state index contributed by atoms with van der Waals surface area (Å²) in [6, 6.07) is 5.86. The molecule has 1 aliphatic rings. The minimum Gasteiger partial charge on any atom is -0.387 e. The van der Waals surface area contributed by atoms with E-state index in [1.807, 2.05) is 17.5 Å². The van der Waals surface area contributed by atoms with Crippen LogP contribution in [0.2, 0.25) is 0 Å². The number of pyridine rings is 2. The summed E-state index contributed by atoms with van der Waals surface area (Å²) in [5.41, 5.74) is 0.332. The fourth-order valence-electron chi connectivity index (χ4n) is 2.88. The van der Waals surface area contributed by atoms with E-state index in [0.29, 0.717) is 28.9 Å². The molecular formula is C22H25FN6O2S. The van der Waals surface area contributed by atoms with Crippen LogP contribution >= 0.6 is 11.3 Å². The Kier molecular flexibility index (Phi) is 6.33. The highest BCUT2D eigenvalue weighted by Gasteiger charge is 2.28. The summed E-state index contributed by atoms with van der Waals surface area (Å²) in [4.78, 5) is 25.7. The summed E-state index contributed by atoms with van der Waals surface area (Å²) >= 11 is 1.49. The minimum atomic E-state index is -1.58. The maximum atomic E-state index is 14.0. The van der Waals surface area contributed by atoms with Crippen LogP contribution in [0.15, 0.2) is 42.2 Å². The zero-order valence-corrected chi connectivity index (χ0v) is 18.6. The maximum absolute atomic E-state index is 14.0. The van der Waals surface area contributed by atoms with Gasteiger partial charge in [-0.25, -0.2) is 14.4 Å².